The Bertz CT molecular complexity index is 1580. The van der Waals surface area contributed by atoms with E-state index in [4.69, 9.17) is 10.2 Å². The molecule has 3 N–H and O–H groups in total. The molecule has 6 aromatic rings. The summed E-state index contributed by atoms with van der Waals surface area (Å²) in [5.41, 5.74) is 11.2. The van der Waals surface area contributed by atoms with Crippen molar-refractivity contribution in [2.24, 2.45) is 5.73 Å². The van der Waals surface area contributed by atoms with Gasteiger partial charge in [-0.2, -0.15) is 10.2 Å². The van der Waals surface area contributed by atoms with E-state index in [0.717, 1.165) is 40.8 Å². The smallest absolute Gasteiger partial charge is 0.186 e. The van der Waals surface area contributed by atoms with E-state index in [-0.39, 0.29) is 0 Å². The molecule has 2 aromatic carbocycles. The Morgan fingerprint density at radius 3 is 2.49 bits per heavy atom. The number of nitrogens with two attached hydrogens (primary N) is 1. The highest BCUT2D eigenvalue weighted by molar-refractivity contribution is 5.86. The van der Waals surface area contributed by atoms with Crippen molar-refractivity contribution in [3.8, 4) is 0 Å². The van der Waals surface area contributed by atoms with Gasteiger partial charge in [0.05, 0.1) is 24.7 Å². The van der Waals surface area contributed by atoms with Crippen LogP contribution in [0.2, 0.25) is 0 Å². The van der Waals surface area contributed by atoms with Crippen LogP contribution in [-0.2, 0) is 19.6 Å². The van der Waals surface area contributed by atoms with E-state index >= 15 is 0 Å². The van der Waals surface area contributed by atoms with E-state index in [1.165, 1.54) is 16.7 Å². The Hall–Kier alpha value is -4.50. The summed E-state index contributed by atoms with van der Waals surface area (Å²) in [6, 6.07) is 16.7. The molecule has 4 heterocycles. The Kier molecular flexibility index (Phi) is 7.23. The molecule has 0 fully saturated rings. The van der Waals surface area contributed by atoms with Gasteiger partial charge in [-0.25, -0.2) is 9.97 Å². The van der Waals surface area contributed by atoms with Crippen LogP contribution in [0, 0.1) is 6.92 Å². The summed E-state index contributed by atoms with van der Waals surface area (Å²) in [4.78, 5) is 8.82. The van der Waals surface area contributed by atoms with Crippen LogP contribution in [-0.4, -0.2) is 36.1 Å². The summed E-state index contributed by atoms with van der Waals surface area (Å²) >= 11 is 0. The van der Waals surface area contributed by atoms with E-state index in [9.17, 15) is 0 Å². The maximum Gasteiger partial charge on any atom is 0.186 e. The number of hydrogen-bond donors (Lipinski definition) is 2. The third-order valence-electron chi connectivity index (χ3n) is 5.99. The maximum absolute atomic E-state index is 5.56. The van der Waals surface area contributed by atoms with Gasteiger partial charge in [0.2, 0.25) is 0 Å². The third kappa shape index (κ3) is 5.68. The quantitative estimate of drug-likeness (QED) is 0.329. The number of rotatable bonds is 7. The van der Waals surface area contributed by atoms with Gasteiger partial charge in [-0.3, -0.25) is 9.36 Å². The molecule has 0 atom stereocenters. The molecule has 9 heteroatoms. The molecule has 37 heavy (non-hydrogen) atoms. The normalized spacial score (nSPS) is 11.0. The minimum atomic E-state index is 0.636. The summed E-state index contributed by atoms with van der Waals surface area (Å²) in [5, 5.41) is 14.4. The summed E-state index contributed by atoms with van der Waals surface area (Å²) in [5.74, 6) is 0.768. The first-order valence-electron chi connectivity index (χ1n) is 12.3. The number of nitrogens with one attached hydrogen (secondary N) is 1. The molecular formula is C28H30N8O. The van der Waals surface area contributed by atoms with Gasteiger partial charge in [0.25, 0.3) is 0 Å². The second-order valence-corrected chi connectivity index (χ2v) is 8.81. The van der Waals surface area contributed by atoms with Gasteiger partial charge >= 0.3 is 0 Å². The molecule has 0 amide bonds. The highest BCUT2D eigenvalue weighted by Gasteiger charge is 2.10. The van der Waals surface area contributed by atoms with Crippen molar-refractivity contribution >= 4 is 27.8 Å². The fraction of sp³-hybridized carbons (Fsp3) is 0.214. The van der Waals surface area contributed by atoms with Crippen molar-refractivity contribution < 1.29 is 4.42 Å². The number of nitrogens with zero attached hydrogens (tertiary/aromatic N) is 6. The Morgan fingerprint density at radius 1 is 1.00 bits per heavy atom. The number of hydrogen-bond acceptors (Lipinski definition) is 7. The lowest BCUT2D eigenvalue weighted by molar-refractivity contribution is 0.615. The first kappa shape index (κ1) is 24.2. The maximum atomic E-state index is 5.56. The molecule has 0 spiro atoms. The van der Waals surface area contributed by atoms with Crippen LogP contribution in [0.5, 0.6) is 0 Å². The van der Waals surface area contributed by atoms with Gasteiger partial charge in [-0.1, -0.05) is 31.2 Å². The molecule has 0 aliphatic carbocycles. The topological polar surface area (TPSA) is 113 Å². The van der Waals surface area contributed by atoms with Gasteiger partial charge in [-0.15, -0.1) is 0 Å². The van der Waals surface area contributed by atoms with Crippen molar-refractivity contribution in [1.29, 1.82) is 0 Å². The van der Waals surface area contributed by atoms with Crippen molar-refractivity contribution in [2.45, 2.75) is 33.5 Å². The number of furan rings is 1. The number of anilines is 1. The van der Waals surface area contributed by atoms with Gasteiger partial charge in [0, 0.05) is 30.5 Å². The van der Waals surface area contributed by atoms with Crippen molar-refractivity contribution in [1.82, 2.24) is 29.5 Å². The summed E-state index contributed by atoms with van der Waals surface area (Å²) in [6.45, 7) is 6.82. The first-order valence-corrected chi connectivity index (χ1v) is 12.3. The van der Waals surface area contributed by atoms with Crippen LogP contribution in [0.25, 0.3) is 22.0 Å². The zero-order chi connectivity index (χ0) is 25.6. The molecule has 0 saturated heterocycles. The van der Waals surface area contributed by atoms with E-state index < -0.39 is 0 Å². The predicted molar refractivity (Wildman–Crippen MR) is 145 cm³/mol. The second-order valence-electron chi connectivity index (χ2n) is 8.81. The highest BCUT2D eigenvalue weighted by Crippen LogP contribution is 2.23. The van der Waals surface area contributed by atoms with E-state index in [0.29, 0.717) is 18.7 Å². The largest absolute Gasteiger partial charge is 0.464 e. The van der Waals surface area contributed by atoms with Crippen LogP contribution in [0.15, 0.2) is 84.1 Å². The second kappa shape index (κ2) is 11.0. The minimum absolute atomic E-state index is 0.636. The molecule has 0 saturated carbocycles. The van der Waals surface area contributed by atoms with Gasteiger partial charge in [-0.05, 0) is 60.0 Å². The van der Waals surface area contributed by atoms with Gasteiger partial charge in [0.1, 0.15) is 17.7 Å². The Balaban J connectivity index is 0.000000892. The number of aryl methyl sites for hydroxylation is 1. The highest BCUT2D eigenvalue weighted by atomic mass is 16.3. The van der Waals surface area contributed by atoms with Crippen LogP contribution in [0.1, 0.15) is 29.2 Å². The average Bonchev–Trinajstić information content (AvgIpc) is 3.65. The fourth-order valence-electron chi connectivity index (χ4n) is 4.16. The molecule has 0 aliphatic heterocycles. The molecule has 188 valence electrons. The minimum Gasteiger partial charge on any atom is -0.464 e. The lowest BCUT2D eigenvalue weighted by atomic mass is 10.1. The number of fused-ring (bicyclic) bond motifs is 2. The van der Waals surface area contributed by atoms with Gasteiger partial charge < -0.3 is 15.5 Å². The van der Waals surface area contributed by atoms with Crippen LogP contribution in [0.4, 0.5) is 5.82 Å². The van der Waals surface area contributed by atoms with Gasteiger partial charge in [0.15, 0.2) is 5.65 Å². The standard InChI is InChI=1S/C26H23N7O.C2H7N/c1-18-11-21-7-10-34-24(21)12-22(18)13-27-25-23-16-33(31-26(23)29-17-28-25)15-20-5-3-19(4-6-20)14-32-9-2-8-30-32;1-2-3/h2-12,16-17H,13-15H2,1H3,(H,27,28,29,31);2-3H2,1H3. The number of benzene rings is 2. The number of aromatic nitrogens is 6. The van der Waals surface area contributed by atoms with E-state index in [1.807, 2.05) is 40.8 Å². The predicted octanol–water partition coefficient (Wildman–Crippen LogP) is 4.75. The molecular weight excluding hydrogens is 464 g/mol. The zero-order valence-corrected chi connectivity index (χ0v) is 21.0. The lowest BCUT2D eigenvalue weighted by Crippen LogP contribution is -2.03. The molecule has 9 nitrogen and oxygen atoms in total. The summed E-state index contributed by atoms with van der Waals surface area (Å²) < 4.78 is 9.38. The monoisotopic (exact) mass is 494 g/mol. The van der Waals surface area contributed by atoms with Crippen LogP contribution in [0.3, 0.4) is 0 Å². The van der Waals surface area contributed by atoms with Crippen molar-refractivity contribution in [2.75, 3.05) is 11.9 Å². The SMILES string of the molecule is CCN.Cc1cc2ccoc2cc1CNc1ncnc2nn(Cc3ccc(Cn4cccn4)cc3)cc12. The molecule has 4 aromatic heterocycles. The Morgan fingerprint density at radius 2 is 1.76 bits per heavy atom. The summed E-state index contributed by atoms with van der Waals surface area (Å²) in [7, 11) is 0. The molecule has 0 bridgehead atoms. The molecule has 0 radical (unpaired) electrons. The average molecular weight is 495 g/mol. The van der Waals surface area contributed by atoms with Crippen molar-refractivity contribution in [3.05, 3.63) is 102 Å². The Labute approximate surface area is 214 Å². The first-order chi connectivity index (χ1) is 18.1. The molecule has 6 rings (SSSR count). The van der Waals surface area contributed by atoms with Crippen molar-refractivity contribution in [3.63, 3.8) is 0 Å². The lowest BCUT2D eigenvalue weighted by Gasteiger charge is -2.09. The fourth-order valence-corrected chi connectivity index (χ4v) is 4.16. The van der Waals surface area contributed by atoms with E-state index in [2.05, 4.69) is 68.8 Å². The third-order valence-corrected chi connectivity index (χ3v) is 5.99. The van der Waals surface area contributed by atoms with E-state index in [1.54, 1.807) is 18.8 Å². The summed E-state index contributed by atoms with van der Waals surface area (Å²) in [6.07, 6.45) is 9.03. The zero-order valence-electron chi connectivity index (χ0n) is 21.0. The molecule has 0 unspecified atom stereocenters. The van der Waals surface area contributed by atoms with Crippen LogP contribution < -0.4 is 11.1 Å². The van der Waals surface area contributed by atoms with Crippen LogP contribution >= 0.6 is 0 Å². The molecule has 0 aliphatic rings.